The van der Waals surface area contributed by atoms with Gasteiger partial charge in [-0.25, -0.2) is 4.99 Å². The van der Waals surface area contributed by atoms with Gasteiger partial charge in [0.25, 0.3) is 5.91 Å². The second kappa shape index (κ2) is 8.00. The number of thioether (sulfide) groups is 1. The van der Waals surface area contributed by atoms with Crippen LogP contribution >= 0.6 is 11.8 Å². The predicted molar refractivity (Wildman–Crippen MR) is 127 cm³/mol. The Kier molecular flexibility index (Phi) is 5.39. The van der Waals surface area contributed by atoms with E-state index < -0.39 is 0 Å². The minimum atomic E-state index is -0.108. The Labute approximate surface area is 181 Å². The van der Waals surface area contributed by atoms with Crippen LogP contribution in [0.2, 0.25) is 0 Å². The summed E-state index contributed by atoms with van der Waals surface area (Å²) in [6.07, 6.45) is 1.96. The van der Waals surface area contributed by atoms with Gasteiger partial charge in [-0.15, -0.1) is 0 Å². The molecule has 1 N–H and O–H groups in total. The maximum Gasteiger partial charge on any atom is 0.264 e. The molecule has 30 heavy (non-hydrogen) atoms. The number of rotatable bonds is 3. The van der Waals surface area contributed by atoms with Crippen molar-refractivity contribution in [2.75, 3.05) is 0 Å². The summed E-state index contributed by atoms with van der Waals surface area (Å²) in [6, 6.07) is 16.7. The summed E-state index contributed by atoms with van der Waals surface area (Å²) >= 11 is 1.38. The number of carbonyl (C=O) groups is 1. The van der Waals surface area contributed by atoms with E-state index in [1.807, 2.05) is 32.1 Å². The first-order valence-corrected chi connectivity index (χ1v) is 10.8. The monoisotopic (exact) mass is 415 g/mol. The third-order valence-corrected chi connectivity index (χ3v) is 6.05. The molecule has 1 fully saturated rings. The van der Waals surface area contributed by atoms with E-state index in [-0.39, 0.29) is 5.91 Å². The van der Waals surface area contributed by atoms with Crippen LogP contribution in [0, 0.1) is 34.6 Å². The van der Waals surface area contributed by atoms with Gasteiger partial charge in [0.1, 0.15) is 0 Å². The molecule has 0 spiro atoms. The third-order valence-electron chi connectivity index (χ3n) is 5.14. The summed E-state index contributed by atoms with van der Waals surface area (Å²) in [7, 11) is 0. The summed E-state index contributed by atoms with van der Waals surface area (Å²) in [4.78, 5) is 17.8. The van der Waals surface area contributed by atoms with E-state index in [1.165, 1.54) is 17.3 Å². The fourth-order valence-corrected chi connectivity index (χ4v) is 4.61. The molecule has 2 aromatic carbocycles. The Balaban J connectivity index is 1.64. The summed E-state index contributed by atoms with van der Waals surface area (Å²) < 4.78 is 2.22. The van der Waals surface area contributed by atoms with Gasteiger partial charge in [0, 0.05) is 17.1 Å². The van der Waals surface area contributed by atoms with Crippen molar-refractivity contribution < 1.29 is 4.79 Å². The van der Waals surface area contributed by atoms with Gasteiger partial charge in [-0.1, -0.05) is 23.8 Å². The maximum atomic E-state index is 12.5. The van der Waals surface area contributed by atoms with Crippen LogP contribution in [0.4, 0.5) is 5.69 Å². The summed E-state index contributed by atoms with van der Waals surface area (Å²) in [6.45, 7) is 10.4. The zero-order valence-corrected chi connectivity index (χ0v) is 18.7. The maximum absolute atomic E-state index is 12.5. The van der Waals surface area contributed by atoms with Gasteiger partial charge in [-0.3, -0.25) is 4.79 Å². The average Bonchev–Trinajstić information content (AvgIpc) is 3.14. The molecule has 0 bridgehead atoms. The minimum Gasteiger partial charge on any atom is -0.318 e. The van der Waals surface area contributed by atoms with Gasteiger partial charge in [0.2, 0.25) is 0 Å². The van der Waals surface area contributed by atoms with Crippen LogP contribution in [-0.2, 0) is 4.79 Å². The summed E-state index contributed by atoms with van der Waals surface area (Å²) in [5.74, 6) is -0.108. The number of aromatic nitrogens is 1. The molecule has 3 aromatic rings. The standard InChI is InChI=1S/C25H25N3OS/c1-15-6-8-22(9-7-15)28-18(4)13-20(19(28)5)14-23-24(29)27-25(30-23)26-21-11-16(2)10-17(3)12-21/h6-14H,1-5H3,(H,26,27,29)/b23-14-. The second-order valence-corrected chi connectivity index (χ2v) is 8.86. The number of benzene rings is 2. The van der Waals surface area contributed by atoms with Crippen molar-refractivity contribution in [3.8, 4) is 5.69 Å². The normalized spacial score (nSPS) is 16.5. The zero-order valence-electron chi connectivity index (χ0n) is 17.9. The number of nitrogens with zero attached hydrogens (tertiary/aromatic N) is 2. The van der Waals surface area contributed by atoms with Crippen molar-refractivity contribution in [3.63, 3.8) is 0 Å². The van der Waals surface area contributed by atoms with Crippen LogP contribution in [0.15, 0.2) is 58.4 Å². The summed E-state index contributed by atoms with van der Waals surface area (Å²) in [5, 5.41) is 3.50. The number of aliphatic imine (C=N–C) groups is 1. The van der Waals surface area contributed by atoms with E-state index in [9.17, 15) is 4.79 Å². The smallest absolute Gasteiger partial charge is 0.264 e. The first-order chi connectivity index (χ1) is 14.3. The number of amidine groups is 1. The molecule has 1 aromatic heterocycles. The molecule has 0 aliphatic carbocycles. The lowest BCUT2D eigenvalue weighted by atomic mass is 10.1. The highest BCUT2D eigenvalue weighted by Crippen LogP contribution is 2.31. The highest BCUT2D eigenvalue weighted by molar-refractivity contribution is 8.18. The Hall–Kier alpha value is -3.05. The molecule has 1 amide bonds. The molecule has 4 rings (SSSR count). The SMILES string of the molecule is Cc1ccc(-n2c(C)cc(/C=C3\SC(=Nc4cc(C)cc(C)c4)NC3=O)c2C)cc1. The van der Waals surface area contributed by atoms with E-state index in [2.05, 4.69) is 72.0 Å². The van der Waals surface area contributed by atoms with Crippen LogP contribution in [0.25, 0.3) is 11.8 Å². The zero-order chi connectivity index (χ0) is 21.4. The Bertz CT molecular complexity index is 1180. The average molecular weight is 416 g/mol. The lowest BCUT2D eigenvalue weighted by Crippen LogP contribution is -2.19. The number of amides is 1. The van der Waals surface area contributed by atoms with Crippen LogP contribution in [0.1, 0.15) is 33.6 Å². The van der Waals surface area contributed by atoms with Crippen molar-refractivity contribution >= 4 is 34.6 Å². The van der Waals surface area contributed by atoms with Crippen LogP contribution in [-0.4, -0.2) is 15.6 Å². The van der Waals surface area contributed by atoms with Gasteiger partial charge in [0.15, 0.2) is 5.17 Å². The largest absolute Gasteiger partial charge is 0.318 e. The number of carbonyl (C=O) groups excluding carboxylic acids is 1. The summed E-state index contributed by atoms with van der Waals surface area (Å²) in [5.41, 5.74) is 8.81. The molecule has 4 nitrogen and oxygen atoms in total. The second-order valence-electron chi connectivity index (χ2n) is 7.83. The minimum absolute atomic E-state index is 0.108. The van der Waals surface area contributed by atoms with Crippen LogP contribution in [0.3, 0.4) is 0 Å². The molecule has 2 heterocycles. The van der Waals surface area contributed by atoms with Crippen molar-refractivity contribution in [1.82, 2.24) is 9.88 Å². The Morgan fingerprint density at radius 1 is 0.900 bits per heavy atom. The highest BCUT2D eigenvalue weighted by Gasteiger charge is 2.24. The quantitative estimate of drug-likeness (QED) is 0.541. The van der Waals surface area contributed by atoms with E-state index in [1.54, 1.807) is 0 Å². The first-order valence-electron chi connectivity index (χ1n) is 9.94. The molecular formula is C25H25N3OS. The van der Waals surface area contributed by atoms with Gasteiger partial charge >= 0.3 is 0 Å². The molecule has 152 valence electrons. The van der Waals surface area contributed by atoms with Gasteiger partial charge in [-0.2, -0.15) is 0 Å². The molecule has 0 radical (unpaired) electrons. The van der Waals surface area contributed by atoms with Crippen molar-refractivity contribution in [3.05, 3.63) is 87.1 Å². The Morgan fingerprint density at radius 3 is 2.23 bits per heavy atom. The molecule has 1 saturated heterocycles. The fourth-order valence-electron chi connectivity index (χ4n) is 3.78. The highest BCUT2D eigenvalue weighted by atomic mass is 32.2. The van der Waals surface area contributed by atoms with Crippen molar-refractivity contribution in [2.24, 2.45) is 4.99 Å². The van der Waals surface area contributed by atoms with Crippen LogP contribution in [0.5, 0.6) is 0 Å². The van der Waals surface area contributed by atoms with E-state index in [0.29, 0.717) is 10.1 Å². The van der Waals surface area contributed by atoms with Crippen molar-refractivity contribution in [1.29, 1.82) is 0 Å². The van der Waals surface area contributed by atoms with Crippen molar-refractivity contribution in [2.45, 2.75) is 34.6 Å². The number of hydrogen-bond donors (Lipinski definition) is 1. The topological polar surface area (TPSA) is 46.4 Å². The molecule has 0 saturated carbocycles. The van der Waals surface area contributed by atoms with Gasteiger partial charge in [0.05, 0.1) is 10.6 Å². The molecule has 1 aliphatic rings. The lowest BCUT2D eigenvalue weighted by molar-refractivity contribution is -0.115. The molecule has 5 heteroatoms. The molecule has 1 aliphatic heterocycles. The van der Waals surface area contributed by atoms with Gasteiger partial charge < -0.3 is 9.88 Å². The van der Waals surface area contributed by atoms with E-state index in [0.717, 1.165) is 39.5 Å². The fraction of sp³-hybridized carbons (Fsp3) is 0.200. The molecule has 0 unspecified atom stereocenters. The van der Waals surface area contributed by atoms with E-state index in [4.69, 9.17) is 0 Å². The van der Waals surface area contributed by atoms with Crippen LogP contribution < -0.4 is 5.32 Å². The van der Waals surface area contributed by atoms with E-state index >= 15 is 0 Å². The first kappa shape index (κ1) is 20.2. The third kappa shape index (κ3) is 4.12. The number of nitrogens with one attached hydrogen (secondary N) is 1. The molecular weight excluding hydrogens is 390 g/mol. The van der Waals surface area contributed by atoms with Gasteiger partial charge in [-0.05, 0) is 99.5 Å². The lowest BCUT2D eigenvalue weighted by Gasteiger charge is -2.10. The predicted octanol–water partition coefficient (Wildman–Crippen LogP) is 5.91. The Morgan fingerprint density at radius 2 is 1.57 bits per heavy atom. The number of aryl methyl sites for hydroxylation is 4. The molecule has 0 atom stereocenters. The number of hydrogen-bond acceptors (Lipinski definition) is 3.